The van der Waals surface area contributed by atoms with E-state index in [1.165, 1.54) is 11.3 Å². The summed E-state index contributed by atoms with van der Waals surface area (Å²) in [6.07, 6.45) is 0. The van der Waals surface area contributed by atoms with E-state index in [1.807, 2.05) is 70.7 Å². The highest BCUT2D eigenvalue weighted by atomic mass is 32.1. The lowest BCUT2D eigenvalue weighted by Crippen LogP contribution is -2.40. The van der Waals surface area contributed by atoms with E-state index >= 15 is 0 Å². The van der Waals surface area contributed by atoms with Crippen LogP contribution in [0.4, 0.5) is 17.3 Å². The molecule has 0 bridgehead atoms. The highest BCUT2D eigenvalue weighted by molar-refractivity contribution is 7.21. The van der Waals surface area contributed by atoms with Gasteiger partial charge in [-0.15, -0.1) is 11.3 Å². The second kappa shape index (κ2) is 12.5. The number of likely N-dealkylation sites (N-methyl/N-ethyl adjacent to an activating group) is 1. The summed E-state index contributed by atoms with van der Waals surface area (Å²) in [4.78, 5) is 38.2. The maximum absolute atomic E-state index is 13.0. The van der Waals surface area contributed by atoms with E-state index in [0.29, 0.717) is 51.3 Å². The van der Waals surface area contributed by atoms with Crippen LogP contribution in [0.5, 0.6) is 0 Å². The zero-order valence-electron chi connectivity index (χ0n) is 23.3. The van der Waals surface area contributed by atoms with Crippen LogP contribution in [-0.4, -0.2) is 71.6 Å². The molecule has 5 N–H and O–H groups in total. The summed E-state index contributed by atoms with van der Waals surface area (Å²) < 4.78 is 5.13. The summed E-state index contributed by atoms with van der Waals surface area (Å²) >= 11 is 1.24. The molecule has 1 aromatic carbocycles. The van der Waals surface area contributed by atoms with E-state index in [-0.39, 0.29) is 24.4 Å². The Morgan fingerprint density at radius 1 is 1.21 bits per heavy atom. The van der Waals surface area contributed by atoms with E-state index in [0.717, 1.165) is 12.1 Å². The number of nitrogens with two attached hydrogens (primary N) is 1. The Hall–Kier alpha value is -3.28. The highest BCUT2D eigenvalue weighted by Gasteiger charge is 2.25. The number of aromatic nitrogens is 2. The predicted molar refractivity (Wildman–Crippen MR) is 156 cm³/mol. The number of thiophene rings is 1. The molecule has 0 atom stereocenters. The maximum atomic E-state index is 13.0. The Morgan fingerprint density at radius 3 is 2.58 bits per heavy atom. The van der Waals surface area contributed by atoms with Crippen LogP contribution in [0.3, 0.4) is 0 Å². The number of nitrogens with one attached hydrogen (secondary N) is 3. The number of carbonyl (C=O) groups excluding carboxylic acids is 2. The summed E-state index contributed by atoms with van der Waals surface area (Å²) in [5.41, 5.74) is 8.44. The molecule has 11 heteroatoms. The molecule has 0 fully saturated rings. The van der Waals surface area contributed by atoms with Gasteiger partial charge in [0.15, 0.2) is 0 Å². The van der Waals surface area contributed by atoms with Crippen LogP contribution in [0.25, 0.3) is 21.5 Å². The molecule has 10 nitrogen and oxygen atoms in total. The lowest BCUT2D eigenvalue weighted by atomic mass is 10.1. The van der Waals surface area contributed by atoms with Crippen LogP contribution in [-0.2, 0) is 9.53 Å². The molecule has 0 unspecified atom stereocenters. The minimum Gasteiger partial charge on any atom is -0.397 e. The van der Waals surface area contributed by atoms with E-state index in [4.69, 9.17) is 15.5 Å². The van der Waals surface area contributed by atoms with Crippen LogP contribution in [0.2, 0.25) is 0 Å². The molecular formula is C27H39N7O3S. The van der Waals surface area contributed by atoms with Crippen LogP contribution < -0.4 is 21.7 Å². The van der Waals surface area contributed by atoms with E-state index in [1.54, 1.807) is 7.11 Å². The van der Waals surface area contributed by atoms with Crippen molar-refractivity contribution in [3.05, 3.63) is 29.1 Å². The van der Waals surface area contributed by atoms with Gasteiger partial charge in [0.2, 0.25) is 11.9 Å². The number of benzene rings is 1. The molecule has 38 heavy (non-hydrogen) atoms. The summed E-state index contributed by atoms with van der Waals surface area (Å²) in [6.45, 7) is 14.0. The number of nitrogens with zero attached hydrogens (tertiary/aromatic N) is 3. The van der Waals surface area contributed by atoms with Gasteiger partial charge >= 0.3 is 0 Å². The van der Waals surface area contributed by atoms with Crippen LogP contribution in [0.1, 0.15) is 51.2 Å². The summed E-state index contributed by atoms with van der Waals surface area (Å²) in [6, 6.07) is 7.55. The molecule has 206 valence electrons. The molecule has 3 rings (SSSR count). The zero-order valence-corrected chi connectivity index (χ0v) is 24.1. The number of carbonyl (C=O) groups is 2. The maximum Gasteiger partial charge on any atom is 0.263 e. The number of amides is 2. The Kier molecular flexibility index (Phi) is 9.64. The topological polar surface area (TPSA) is 134 Å². The second-order valence-corrected chi connectivity index (χ2v) is 11.4. The second-order valence-electron chi connectivity index (χ2n) is 10.4. The van der Waals surface area contributed by atoms with Gasteiger partial charge in [-0.05, 0) is 53.3 Å². The Bertz CT molecular complexity index is 1280. The smallest absolute Gasteiger partial charge is 0.263 e. The largest absolute Gasteiger partial charge is 0.397 e. The third-order valence-electron chi connectivity index (χ3n) is 5.55. The summed E-state index contributed by atoms with van der Waals surface area (Å²) in [7, 11) is 1.64. The normalized spacial score (nSPS) is 11.8. The number of hydrogen-bond donors (Lipinski definition) is 4. The van der Waals surface area contributed by atoms with Crippen molar-refractivity contribution in [2.24, 2.45) is 0 Å². The molecule has 0 saturated heterocycles. The SMILES string of the molecule is CCN(CCOC)CC(=O)Nc1cccc(-c2nc(NC(C)C)nc3sc(C(=O)NC(C)(C)C)c(N)c23)c1. The number of anilines is 3. The van der Waals surface area contributed by atoms with Crippen molar-refractivity contribution in [1.82, 2.24) is 20.2 Å². The molecule has 0 saturated carbocycles. The highest BCUT2D eigenvalue weighted by Crippen LogP contribution is 2.39. The minimum absolute atomic E-state index is 0.103. The zero-order chi connectivity index (χ0) is 28.0. The molecule has 0 aliphatic heterocycles. The lowest BCUT2D eigenvalue weighted by molar-refractivity contribution is -0.117. The number of nitrogen functional groups attached to an aromatic ring is 1. The molecule has 0 aliphatic carbocycles. The van der Waals surface area contributed by atoms with Gasteiger partial charge in [0, 0.05) is 36.5 Å². The fourth-order valence-electron chi connectivity index (χ4n) is 3.84. The van der Waals surface area contributed by atoms with E-state index in [2.05, 4.69) is 20.9 Å². The van der Waals surface area contributed by atoms with Crippen LogP contribution in [0, 0.1) is 0 Å². The van der Waals surface area contributed by atoms with Crippen molar-refractivity contribution >= 4 is 50.7 Å². The number of ether oxygens (including phenoxy) is 1. The fourth-order valence-corrected chi connectivity index (χ4v) is 4.83. The van der Waals surface area contributed by atoms with E-state index < -0.39 is 5.54 Å². The number of fused-ring (bicyclic) bond motifs is 1. The van der Waals surface area contributed by atoms with Gasteiger partial charge in [-0.25, -0.2) is 9.97 Å². The molecule has 3 aromatic rings. The molecule has 2 aromatic heterocycles. The van der Waals surface area contributed by atoms with Crippen molar-refractivity contribution in [3.63, 3.8) is 0 Å². The fraction of sp³-hybridized carbons (Fsp3) is 0.481. The van der Waals surface area contributed by atoms with E-state index in [9.17, 15) is 9.59 Å². The van der Waals surface area contributed by atoms with Crippen LogP contribution in [0.15, 0.2) is 24.3 Å². The van der Waals surface area contributed by atoms with Gasteiger partial charge in [0.25, 0.3) is 5.91 Å². The van der Waals surface area contributed by atoms with Gasteiger partial charge < -0.3 is 26.4 Å². The van der Waals surface area contributed by atoms with Crippen molar-refractivity contribution in [1.29, 1.82) is 0 Å². The monoisotopic (exact) mass is 541 g/mol. The third-order valence-corrected chi connectivity index (χ3v) is 6.65. The van der Waals surface area contributed by atoms with Gasteiger partial charge in [-0.2, -0.15) is 0 Å². The third kappa shape index (κ3) is 7.62. The Balaban J connectivity index is 2.00. The number of rotatable bonds is 11. The first-order valence-electron chi connectivity index (χ1n) is 12.7. The lowest BCUT2D eigenvalue weighted by Gasteiger charge is -2.20. The van der Waals surface area contributed by atoms with Gasteiger partial charge in [0.05, 0.1) is 29.9 Å². The average Bonchev–Trinajstić information content (AvgIpc) is 3.16. The Morgan fingerprint density at radius 2 is 1.95 bits per heavy atom. The minimum atomic E-state index is -0.415. The van der Waals surface area contributed by atoms with Crippen molar-refractivity contribution in [3.8, 4) is 11.3 Å². The quantitative estimate of drug-likeness (QED) is 0.284. The van der Waals surface area contributed by atoms with Crippen molar-refractivity contribution in [2.75, 3.05) is 49.7 Å². The molecular weight excluding hydrogens is 502 g/mol. The van der Waals surface area contributed by atoms with Crippen molar-refractivity contribution < 1.29 is 14.3 Å². The van der Waals surface area contributed by atoms with Gasteiger partial charge in [0.1, 0.15) is 9.71 Å². The van der Waals surface area contributed by atoms with Gasteiger partial charge in [-0.1, -0.05) is 19.1 Å². The average molecular weight is 542 g/mol. The number of methoxy groups -OCH3 is 1. The first kappa shape index (κ1) is 29.3. The first-order valence-corrected chi connectivity index (χ1v) is 13.5. The summed E-state index contributed by atoms with van der Waals surface area (Å²) in [5.74, 6) is 0.0706. The van der Waals surface area contributed by atoms with Crippen LogP contribution >= 0.6 is 11.3 Å². The molecule has 2 heterocycles. The Labute approximate surface area is 228 Å². The summed E-state index contributed by atoms with van der Waals surface area (Å²) in [5, 5.41) is 9.82. The standard InChI is InChI=1S/C27H39N7O3S/c1-8-34(12-13-37-7)15-19(35)30-18-11-9-10-17(14-18)22-20-21(28)23(24(36)33-27(4,5)6)38-25(20)32-26(31-22)29-16(2)3/h9-11,14,16H,8,12-13,15,28H2,1-7H3,(H,30,35)(H,33,36)(H,29,31,32). The molecule has 0 spiro atoms. The van der Waals surface area contributed by atoms with Crippen molar-refractivity contribution in [2.45, 2.75) is 53.1 Å². The van der Waals surface area contributed by atoms with Gasteiger partial charge in [-0.3, -0.25) is 14.5 Å². The number of hydrogen-bond acceptors (Lipinski definition) is 9. The predicted octanol–water partition coefficient (Wildman–Crippen LogP) is 4.20. The molecule has 0 radical (unpaired) electrons. The first-order chi connectivity index (χ1) is 17.9. The molecule has 2 amide bonds. The molecule has 0 aliphatic rings.